The van der Waals surface area contributed by atoms with Gasteiger partial charge in [0.15, 0.2) is 0 Å². The zero-order valence-electron chi connectivity index (χ0n) is 25.7. The lowest BCUT2D eigenvalue weighted by Crippen LogP contribution is -2.53. The minimum Gasteiger partial charge on any atom is -0.463 e. The van der Waals surface area contributed by atoms with Crippen LogP contribution in [0.4, 0.5) is 15.8 Å². The molecule has 3 heterocycles. The van der Waals surface area contributed by atoms with Crippen molar-refractivity contribution in [1.29, 1.82) is 0 Å². The van der Waals surface area contributed by atoms with Gasteiger partial charge in [0.2, 0.25) is 11.8 Å². The van der Waals surface area contributed by atoms with Crippen molar-refractivity contribution in [1.82, 2.24) is 5.01 Å². The molecule has 0 spiro atoms. The van der Waals surface area contributed by atoms with Crippen LogP contribution >= 0.6 is 23.2 Å². The van der Waals surface area contributed by atoms with E-state index in [4.69, 9.17) is 27.6 Å². The molecule has 4 amide bonds. The van der Waals surface area contributed by atoms with Crippen LogP contribution in [0.2, 0.25) is 10.0 Å². The molecule has 3 fully saturated rings. The summed E-state index contributed by atoms with van der Waals surface area (Å²) in [4.78, 5) is 59.0. The smallest absolute Gasteiger partial charge is 0.260 e. The molecule has 1 aromatic heterocycles. The van der Waals surface area contributed by atoms with E-state index in [0.717, 1.165) is 5.01 Å². The Bertz CT molecular complexity index is 2050. The number of rotatable bonds is 6. The number of halogens is 3. The molecule has 0 radical (unpaired) electrons. The lowest BCUT2D eigenvalue weighted by Gasteiger charge is -2.49. The molecular weight excluding hydrogens is 672 g/mol. The Kier molecular flexibility index (Phi) is 7.51. The molecule has 0 bridgehead atoms. The van der Waals surface area contributed by atoms with Gasteiger partial charge in [-0.3, -0.25) is 29.5 Å². The first-order chi connectivity index (χ1) is 23.6. The summed E-state index contributed by atoms with van der Waals surface area (Å²) in [7, 11) is 0. The number of amides is 4. The number of hydrogen-bond donors (Lipinski definition) is 2. The van der Waals surface area contributed by atoms with Gasteiger partial charge in [-0.25, -0.2) is 4.39 Å². The van der Waals surface area contributed by atoms with Crippen LogP contribution in [0.1, 0.15) is 35.8 Å². The number of hydrazine groups is 1. The van der Waals surface area contributed by atoms with Crippen LogP contribution in [0.5, 0.6) is 0 Å². The average molecular weight is 701 g/mol. The van der Waals surface area contributed by atoms with Crippen molar-refractivity contribution < 1.29 is 33.1 Å². The van der Waals surface area contributed by atoms with Gasteiger partial charge in [0.1, 0.15) is 29.4 Å². The molecule has 3 aromatic carbocycles. The molecule has 4 aliphatic rings. The normalized spacial score (nSPS) is 27.6. The van der Waals surface area contributed by atoms with Crippen molar-refractivity contribution in [3.63, 3.8) is 0 Å². The van der Waals surface area contributed by atoms with E-state index in [1.165, 1.54) is 29.2 Å². The number of nitrogens with one attached hydrogen (secondary N) is 1. The van der Waals surface area contributed by atoms with Crippen molar-refractivity contribution in [2.75, 3.05) is 10.3 Å². The highest BCUT2D eigenvalue weighted by Crippen LogP contribution is 2.64. The first-order valence-corrected chi connectivity index (χ1v) is 16.6. The number of hydrogen-bond acceptors (Lipinski definition) is 7. The molecule has 2 aliphatic heterocycles. The quantitative estimate of drug-likeness (QED) is 0.176. The molecule has 6 atom stereocenters. The maximum absolute atomic E-state index is 15.0. The minimum atomic E-state index is -1.57. The Hall–Kier alpha value is -4.77. The van der Waals surface area contributed by atoms with Crippen LogP contribution < -0.4 is 10.3 Å². The molecule has 1 saturated carbocycles. The summed E-state index contributed by atoms with van der Waals surface area (Å²) >= 11 is 12.4. The second-order valence-corrected chi connectivity index (χ2v) is 13.7. The fraction of sp³-hybridized carbons (Fsp3) is 0.243. The van der Waals surface area contributed by atoms with Gasteiger partial charge < -0.3 is 9.52 Å². The molecule has 9 nitrogen and oxygen atoms in total. The number of nitrogens with zero attached hydrogens (tertiary/aromatic N) is 2. The highest BCUT2D eigenvalue weighted by atomic mass is 35.5. The highest BCUT2D eigenvalue weighted by Gasteiger charge is 2.71. The number of anilines is 2. The second kappa shape index (κ2) is 11.7. The van der Waals surface area contributed by atoms with Crippen molar-refractivity contribution in [3.8, 4) is 0 Å². The molecule has 2 saturated heterocycles. The lowest BCUT2D eigenvalue weighted by molar-refractivity contribution is -0.138. The van der Waals surface area contributed by atoms with Crippen molar-refractivity contribution >= 4 is 58.2 Å². The zero-order valence-corrected chi connectivity index (χ0v) is 27.2. The van der Waals surface area contributed by atoms with Gasteiger partial charge >= 0.3 is 0 Å². The van der Waals surface area contributed by atoms with E-state index in [0.29, 0.717) is 38.3 Å². The summed E-state index contributed by atoms with van der Waals surface area (Å²) in [5.41, 5.74) is 3.26. The van der Waals surface area contributed by atoms with E-state index in [9.17, 15) is 23.9 Å². The molecule has 248 valence electrons. The number of carbonyl (C=O) groups excluding carboxylic acids is 4. The largest absolute Gasteiger partial charge is 0.463 e. The first kappa shape index (κ1) is 31.5. The van der Waals surface area contributed by atoms with Crippen LogP contribution in [0.25, 0.3) is 0 Å². The third-order valence-electron chi connectivity index (χ3n) is 10.5. The number of imide groups is 2. The number of fused-ring (bicyclic) bond motifs is 4. The Morgan fingerprint density at radius 3 is 2.16 bits per heavy atom. The third-order valence-corrected chi connectivity index (χ3v) is 11.0. The van der Waals surface area contributed by atoms with Gasteiger partial charge in [-0.05, 0) is 97.1 Å². The predicted octanol–water partition coefficient (Wildman–Crippen LogP) is 6.41. The number of aliphatic hydroxyl groups excluding tert-OH is 1. The number of benzene rings is 3. The third kappa shape index (κ3) is 4.69. The molecule has 8 rings (SSSR count). The van der Waals surface area contributed by atoms with Crippen LogP contribution in [-0.4, -0.2) is 33.7 Å². The number of aliphatic hydroxyl groups is 1. The predicted molar refractivity (Wildman–Crippen MR) is 178 cm³/mol. The lowest BCUT2D eigenvalue weighted by atomic mass is 9.50. The summed E-state index contributed by atoms with van der Waals surface area (Å²) in [6.45, 7) is -0.397. The minimum absolute atomic E-state index is 0.0827. The summed E-state index contributed by atoms with van der Waals surface area (Å²) in [5.74, 6) is -5.74. The number of allylic oxidation sites excluding steroid dienone is 2. The van der Waals surface area contributed by atoms with Gasteiger partial charge in [0.25, 0.3) is 11.8 Å². The Morgan fingerprint density at radius 2 is 1.51 bits per heavy atom. The summed E-state index contributed by atoms with van der Waals surface area (Å²) < 4.78 is 20.0. The fourth-order valence-corrected chi connectivity index (χ4v) is 8.69. The molecule has 2 N–H and O–H groups in total. The number of furan rings is 1. The van der Waals surface area contributed by atoms with Crippen LogP contribution in [0.3, 0.4) is 0 Å². The van der Waals surface area contributed by atoms with E-state index < -0.39 is 59.2 Å². The molecule has 12 heteroatoms. The fourth-order valence-electron chi connectivity index (χ4n) is 8.44. The molecular formula is C37H28Cl2FN3O6. The van der Waals surface area contributed by atoms with E-state index in [2.05, 4.69) is 5.43 Å². The van der Waals surface area contributed by atoms with Crippen molar-refractivity contribution in [2.24, 2.45) is 23.7 Å². The van der Waals surface area contributed by atoms with Gasteiger partial charge in [-0.2, -0.15) is 5.01 Å². The molecule has 49 heavy (non-hydrogen) atoms. The Labute approximate surface area is 289 Å². The van der Waals surface area contributed by atoms with Gasteiger partial charge in [-0.15, -0.1) is 0 Å². The van der Waals surface area contributed by atoms with Gasteiger partial charge in [0.05, 0.1) is 35.0 Å². The van der Waals surface area contributed by atoms with E-state index in [-0.39, 0.29) is 30.4 Å². The standard InChI is InChI=1S/C37H28Cl2FN3O6/c38-20-3-1-19(2-4-20)37-29(34(46)43(36(37)48)41-23-9-7-22(40)8-10-23)17-28-26(32(37)30-16-13-25(18-44)49-30)14-15-27-31(28)35(47)42(33(27)45)24-11-5-21(39)6-12-24/h1-14,16,27-29,31-32,41,44H,15,17-18H2/t27-,28+,29-,31-,32+,37+/m0/s1. The van der Waals surface area contributed by atoms with E-state index in [1.54, 1.807) is 60.7 Å². The monoisotopic (exact) mass is 699 g/mol. The highest BCUT2D eigenvalue weighted by molar-refractivity contribution is 6.31. The van der Waals surface area contributed by atoms with Crippen LogP contribution in [0, 0.1) is 29.5 Å². The maximum Gasteiger partial charge on any atom is 0.260 e. The summed E-state index contributed by atoms with van der Waals surface area (Å²) in [5, 5.41) is 11.8. The zero-order chi connectivity index (χ0) is 34.2. The average Bonchev–Trinajstić information content (AvgIpc) is 3.74. The SMILES string of the molecule is O=C1[C@@H]2C[C@@H]3C(=CC[C@@H]4C(=O)N(c5ccc(Cl)cc5)C(=O)[C@@H]43)[C@H](c3ccc(CO)o3)[C@]2(c2ccc(Cl)cc2)C(=O)N1Nc1ccc(F)cc1. The van der Waals surface area contributed by atoms with Gasteiger partial charge in [-0.1, -0.05) is 47.0 Å². The topological polar surface area (TPSA) is 120 Å². The molecule has 4 aromatic rings. The molecule has 2 aliphatic carbocycles. The van der Waals surface area contributed by atoms with E-state index >= 15 is 4.79 Å². The van der Waals surface area contributed by atoms with Gasteiger partial charge in [0, 0.05) is 10.0 Å². The van der Waals surface area contributed by atoms with Crippen LogP contribution in [-0.2, 0) is 31.2 Å². The van der Waals surface area contributed by atoms with Crippen molar-refractivity contribution in [3.05, 3.63) is 130 Å². The Balaban J connectivity index is 1.31. The number of carbonyl (C=O) groups is 4. The second-order valence-electron chi connectivity index (χ2n) is 12.8. The van der Waals surface area contributed by atoms with Crippen molar-refractivity contribution in [2.45, 2.75) is 30.8 Å². The first-order valence-electron chi connectivity index (χ1n) is 15.8. The molecule has 0 unspecified atom stereocenters. The Morgan fingerprint density at radius 1 is 0.837 bits per heavy atom. The summed E-state index contributed by atoms with van der Waals surface area (Å²) in [6, 6.07) is 21.7. The summed E-state index contributed by atoms with van der Waals surface area (Å²) in [6.07, 6.45) is 2.23. The maximum atomic E-state index is 15.0. The van der Waals surface area contributed by atoms with Crippen LogP contribution in [0.15, 0.2) is 101 Å². The van der Waals surface area contributed by atoms with E-state index in [1.807, 2.05) is 6.08 Å².